The van der Waals surface area contributed by atoms with Crippen LogP contribution in [0, 0.1) is 5.92 Å². The Balaban J connectivity index is 1.46. The van der Waals surface area contributed by atoms with E-state index in [4.69, 9.17) is 27.9 Å². The van der Waals surface area contributed by atoms with Crippen LogP contribution in [0.25, 0.3) is 0 Å². The van der Waals surface area contributed by atoms with E-state index >= 15 is 0 Å². The van der Waals surface area contributed by atoms with Gasteiger partial charge in [-0.2, -0.15) is 0 Å². The van der Waals surface area contributed by atoms with Gasteiger partial charge in [-0.05, 0) is 24.3 Å². The standard InChI is InChI=1S/C21H16Cl2N2O3S2/c22-12-5-6-14(23)15(7-12)24-17(26)8-25-20-19(30-21(25)27)18-11(10-29-20)9-28-16-4-2-1-3-13(16)18/h1-7,11,18H,8-10H2,(H,24,26)/t11-,18-/m1/s1. The van der Waals surface area contributed by atoms with Crippen molar-refractivity contribution in [2.75, 3.05) is 17.7 Å². The van der Waals surface area contributed by atoms with E-state index in [1.165, 1.54) is 11.3 Å². The molecule has 154 valence electrons. The van der Waals surface area contributed by atoms with Crippen LogP contribution in [0.5, 0.6) is 5.75 Å². The van der Waals surface area contributed by atoms with Crippen molar-refractivity contribution in [3.8, 4) is 5.75 Å². The van der Waals surface area contributed by atoms with Crippen LogP contribution in [0.2, 0.25) is 10.0 Å². The zero-order valence-electron chi connectivity index (χ0n) is 15.6. The van der Waals surface area contributed by atoms with Crippen molar-refractivity contribution in [1.29, 1.82) is 0 Å². The Morgan fingerprint density at radius 3 is 2.93 bits per heavy atom. The fraction of sp³-hybridized carbons (Fsp3) is 0.238. The topological polar surface area (TPSA) is 60.3 Å². The molecular weight excluding hydrogens is 463 g/mol. The molecule has 0 aliphatic carbocycles. The van der Waals surface area contributed by atoms with E-state index in [-0.39, 0.29) is 23.2 Å². The number of amides is 1. The molecule has 5 rings (SSSR count). The quantitative estimate of drug-likeness (QED) is 0.568. The van der Waals surface area contributed by atoms with Gasteiger partial charge in [-0.1, -0.05) is 52.7 Å². The third-order valence-electron chi connectivity index (χ3n) is 5.27. The lowest BCUT2D eigenvalue weighted by molar-refractivity contribution is -0.116. The van der Waals surface area contributed by atoms with E-state index in [2.05, 4.69) is 11.4 Å². The molecule has 0 radical (unpaired) electrons. The van der Waals surface area contributed by atoms with E-state index in [1.807, 2.05) is 18.2 Å². The summed E-state index contributed by atoms with van der Waals surface area (Å²) in [5.74, 6) is 1.82. The molecular formula is C21H16Cl2N2O3S2. The highest BCUT2D eigenvalue weighted by Crippen LogP contribution is 2.50. The van der Waals surface area contributed by atoms with Crippen molar-refractivity contribution in [3.05, 3.63) is 72.6 Å². The highest BCUT2D eigenvalue weighted by Gasteiger charge is 2.39. The Bertz CT molecular complexity index is 1210. The normalized spacial score (nSPS) is 19.3. The van der Waals surface area contributed by atoms with Crippen molar-refractivity contribution in [3.63, 3.8) is 0 Å². The molecule has 3 aromatic rings. The second-order valence-corrected chi connectivity index (χ2v) is 10.0. The molecule has 2 aliphatic heterocycles. The van der Waals surface area contributed by atoms with Crippen molar-refractivity contribution in [2.45, 2.75) is 17.5 Å². The van der Waals surface area contributed by atoms with E-state index in [0.29, 0.717) is 28.3 Å². The minimum absolute atomic E-state index is 0.0734. The molecule has 1 aromatic heterocycles. The number of nitrogens with zero attached hydrogens (tertiary/aromatic N) is 1. The van der Waals surface area contributed by atoms with Crippen LogP contribution >= 0.6 is 46.3 Å². The average Bonchev–Trinajstić information content (AvgIpc) is 3.05. The number of hydrogen-bond acceptors (Lipinski definition) is 5. The molecule has 1 N–H and O–H groups in total. The minimum Gasteiger partial charge on any atom is -0.493 e. The van der Waals surface area contributed by atoms with Gasteiger partial charge in [0.15, 0.2) is 0 Å². The van der Waals surface area contributed by atoms with Gasteiger partial charge in [0, 0.05) is 33.1 Å². The molecule has 2 atom stereocenters. The number of halogens is 2. The first-order valence-corrected chi connectivity index (χ1v) is 11.9. The first kappa shape index (κ1) is 20.0. The maximum atomic E-state index is 12.8. The summed E-state index contributed by atoms with van der Waals surface area (Å²) < 4.78 is 7.48. The van der Waals surface area contributed by atoms with Crippen molar-refractivity contribution < 1.29 is 9.53 Å². The molecule has 0 unspecified atom stereocenters. The molecule has 9 heteroatoms. The largest absolute Gasteiger partial charge is 0.493 e. The first-order valence-electron chi connectivity index (χ1n) is 9.34. The molecule has 30 heavy (non-hydrogen) atoms. The van der Waals surface area contributed by atoms with Crippen LogP contribution < -0.4 is 14.9 Å². The van der Waals surface area contributed by atoms with Gasteiger partial charge in [-0.15, -0.1) is 11.8 Å². The summed E-state index contributed by atoms with van der Waals surface area (Å²) >= 11 is 15.0. The Labute approximate surface area is 191 Å². The van der Waals surface area contributed by atoms with Gasteiger partial charge in [0.1, 0.15) is 12.3 Å². The van der Waals surface area contributed by atoms with Gasteiger partial charge in [0.05, 0.1) is 22.3 Å². The predicted octanol–water partition coefficient (Wildman–Crippen LogP) is 5.10. The van der Waals surface area contributed by atoms with Crippen LogP contribution in [0.4, 0.5) is 5.69 Å². The van der Waals surface area contributed by atoms with Crippen LogP contribution in [0.3, 0.4) is 0 Å². The van der Waals surface area contributed by atoms with E-state index in [9.17, 15) is 9.59 Å². The van der Waals surface area contributed by atoms with E-state index in [1.54, 1.807) is 34.5 Å². The van der Waals surface area contributed by atoms with Gasteiger partial charge in [0.2, 0.25) is 5.91 Å². The van der Waals surface area contributed by atoms with Gasteiger partial charge in [-0.25, -0.2) is 0 Å². The van der Waals surface area contributed by atoms with Crippen LogP contribution in [0.1, 0.15) is 16.4 Å². The third-order valence-corrected chi connectivity index (χ3v) is 8.34. The molecule has 0 saturated heterocycles. The molecule has 5 nitrogen and oxygen atoms in total. The number of carbonyl (C=O) groups excluding carboxylic acids is 1. The Kier molecular flexibility index (Phi) is 5.31. The second-order valence-electron chi connectivity index (χ2n) is 7.19. The number of anilines is 1. The maximum Gasteiger partial charge on any atom is 0.308 e. The smallest absolute Gasteiger partial charge is 0.308 e. The number of hydrogen-bond donors (Lipinski definition) is 1. The van der Waals surface area contributed by atoms with Gasteiger partial charge in [0.25, 0.3) is 0 Å². The molecule has 0 bridgehead atoms. The summed E-state index contributed by atoms with van der Waals surface area (Å²) in [5.41, 5.74) is 1.54. The molecule has 2 aromatic carbocycles. The summed E-state index contributed by atoms with van der Waals surface area (Å²) in [6.07, 6.45) is 0. The van der Waals surface area contributed by atoms with Crippen LogP contribution in [-0.4, -0.2) is 22.8 Å². The van der Waals surface area contributed by atoms with Gasteiger partial charge in [-0.3, -0.25) is 14.2 Å². The van der Waals surface area contributed by atoms with Crippen molar-refractivity contribution in [2.24, 2.45) is 5.92 Å². The molecule has 2 aliphatic rings. The Morgan fingerprint density at radius 2 is 2.07 bits per heavy atom. The second kappa shape index (κ2) is 7.96. The number of para-hydroxylation sites is 1. The van der Waals surface area contributed by atoms with E-state index in [0.717, 1.165) is 27.0 Å². The first-order chi connectivity index (χ1) is 14.5. The van der Waals surface area contributed by atoms with Gasteiger partial charge < -0.3 is 10.1 Å². The predicted molar refractivity (Wildman–Crippen MR) is 122 cm³/mol. The van der Waals surface area contributed by atoms with Crippen molar-refractivity contribution in [1.82, 2.24) is 4.57 Å². The number of carbonyl (C=O) groups is 1. The maximum absolute atomic E-state index is 12.8. The number of benzene rings is 2. The SMILES string of the molecule is O=C(Cn1c2c(sc1=O)[C@H]1c3ccccc3OC[C@@H]1CS2)Nc1cc(Cl)ccc1Cl. The molecule has 1 amide bonds. The van der Waals surface area contributed by atoms with Crippen LogP contribution in [-0.2, 0) is 11.3 Å². The zero-order chi connectivity index (χ0) is 20.8. The number of thiazole rings is 1. The highest BCUT2D eigenvalue weighted by molar-refractivity contribution is 7.99. The van der Waals surface area contributed by atoms with Crippen LogP contribution in [0.15, 0.2) is 52.3 Å². The highest BCUT2D eigenvalue weighted by atomic mass is 35.5. The third kappa shape index (κ3) is 3.54. The molecule has 0 spiro atoms. The molecule has 3 heterocycles. The van der Waals surface area contributed by atoms with Gasteiger partial charge >= 0.3 is 4.87 Å². The lowest BCUT2D eigenvalue weighted by Gasteiger charge is -2.36. The van der Waals surface area contributed by atoms with Crippen molar-refractivity contribution >= 4 is 57.9 Å². The number of ether oxygens (including phenoxy) is 1. The van der Waals surface area contributed by atoms with E-state index < -0.39 is 0 Å². The summed E-state index contributed by atoms with van der Waals surface area (Å²) in [6.45, 7) is 0.560. The number of fused-ring (bicyclic) bond motifs is 5. The number of nitrogens with one attached hydrogen (secondary N) is 1. The summed E-state index contributed by atoms with van der Waals surface area (Å²) in [4.78, 5) is 26.4. The molecule has 0 saturated carbocycles. The zero-order valence-corrected chi connectivity index (χ0v) is 18.7. The summed E-state index contributed by atoms with van der Waals surface area (Å²) in [5, 5.41) is 4.49. The summed E-state index contributed by atoms with van der Waals surface area (Å²) in [6, 6.07) is 12.8. The monoisotopic (exact) mass is 478 g/mol. The fourth-order valence-corrected chi connectivity index (χ4v) is 6.95. The fourth-order valence-electron chi connectivity index (χ4n) is 3.92. The average molecular weight is 479 g/mol. The lowest BCUT2D eigenvalue weighted by atomic mass is 9.84. The lowest BCUT2D eigenvalue weighted by Crippen LogP contribution is -2.31. The molecule has 0 fully saturated rings. The Morgan fingerprint density at radius 1 is 1.23 bits per heavy atom. The number of aromatic nitrogens is 1. The number of thioether (sulfide) groups is 1. The minimum atomic E-state index is -0.322. The Hall–Kier alpha value is -1.93. The summed E-state index contributed by atoms with van der Waals surface area (Å²) in [7, 11) is 0. The number of rotatable bonds is 3.